The van der Waals surface area contributed by atoms with Crippen LogP contribution < -0.4 is 11.1 Å². The summed E-state index contributed by atoms with van der Waals surface area (Å²) in [6.45, 7) is 3.61. The number of β-lactam (4-membered cyclic amide) rings is 1. The molecule has 134 valence electrons. The monoisotopic (exact) mass is 363 g/mol. The fraction of sp³-hybridized carbons (Fsp3) is 0.643. The molecule has 4 N–H and O–H groups in total. The summed E-state index contributed by atoms with van der Waals surface area (Å²) in [5, 5.41) is 11.5. The molecule has 0 saturated carbocycles. The number of aliphatic carboxylic acids is 1. The number of carbonyl (C=O) groups excluding carboxylic acids is 2. The number of halogens is 2. The number of carboxylic acid groups (broad SMARTS) is 1. The van der Waals surface area contributed by atoms with Gasteiger partial charge in [0, 0.05) is 29.2 Å². The molecule has 1 saturated heterocycles. The summed E-state index contributed by atoms with van der Waals surface area (Å²) in [7, 11) is 0. The second kappa shape index (κ2) is 7.06. The van der Waals surface area contributed by atoms with Crippen molar-refractivity contribution in [3.63, 3.8) is 0 Å². The smallest absolute Gasteiger partial charge is 0.353 e. The lowest BCUT2D eigenvalue weighted by Crippen LogP contribution is -2.66. The topological polar surface area (TPSA) is 113 Å². The number of amides is 2. The van der Waals surface area contributed by atoms with Crippen LogP contribution in [0.1, 0.15) is 13.8 Å². The number of nitrogens with zero attached hydrogens (tertiary/aromatic N) is 1. The highest BCUT2D eigenvalue weighted by Crippen LogP contribution is 2.50. The Morgan fingerprint density at radius 1 is 1.46 bits per heavy atom. The van der Waals surface area contributed by atoms with Crippen molar-refractivity contribution < 1.29 is 28.3 Å². The van der Waals surface area contributed by atoms with Crippen molar-refractivity contribution in [3.8, 4) is 0 Å². The lowest BCUT2D eigenvalue weighted by molar-refractivity contribution is -0.159. The van der Waals surface area contributed by atoms with Gasteiger partial charge < -0.3 is 21.1 Å². The van der Waals surface area contributed by atoms with Gasteiger partial charge in [-0.2, -0.15) is 8.78 Å². The van der Waals surface area contributed by atoms with E-state index in [4.69, 9.17) is 5.73 Å². The zero-order chi connectivity index (χ0) is 18.2. The van der Waals surface area contributed by atoms with E-state index in [1.807, 2.05) is 0 Å². The Morgan fingerprint density at radius 2 is 2.08 bits per heavy atom. The summed E-state index contributed by atoms with van der Waals surface area (Å²) < 4.78 is 24.8. The number of hydrogen-bond donors (Lipinski definition) is 3. The Balaban J connectivity index is 2.20. The highest BCUT2D eigenvalue weighted by atomic mass is 32.2. The normalized spacial score (nSPS) is 27.2. The number of rotatable bonds is 7. The molecule has 0 aliphatic carbocycles. The lowest BCUT2D eigenvalue weighted by atomic mass is 9.78. The molecule has 2 aliphatic rings. The number of carbonyl (C=O) groups is 3. The fourth-order valence-electron chi connectivity index (χ4n) is 3.28. The van der Waals surface area contributed by atoms with Gasteiger partial charge in [-0.1, -0.05) is 6.92 Å². The number of carboxylic acids is 1. The van der Waals surface area contributed by atoms with Crippen LogP contribution in [-0.2, 0) is 14.4 Å². The molecule has 2 rings (SSSR count). The van der Waals surface area contributed by atoms with E-state index in [1.165, 1.54) is 23.6 Å². The molecule has 4 atom stereocenters. The van der Waals surface area contributed by atoms with Gasteiger partial charge in [0.05, 0.1) is 12.0 Å². The highest BCUT2D eigenvalue weighted by Gasteiger charge is 2.60. The number of nitrogens with one attached hydrogen (secondary N) is 1. The van der Waals surface area contributed by atoms with E-state index in [2.05, 4.69) is 5.32 Å². The van der Waals surface area contributed by atoms with Gasteiger partial charge in [-0.15, -0.1) is 11.8 Å². The van der Waals surface area contributed by atoms with Gasteiger partial charge in [0.2, 0.25) is 5.91 Å². The van der Waals surface area contributed by atoms with Crippen LogP contribution in [0.2, 0.25) is 0 Å². The Labute approximate surface area is 141 Å². The van der Waals surface area contributed by atoms with Crippen molar-refractivity contribution in [2.24, 2.45) is 17.6 Å². The first kappa shape index (κ1) is 18.7. The molecular weight excluding hydrogens is 344 g/mol. The van der Waals surface area contributed by atoms with Gasteiger partial charge in [-0.3, -0.25) is 9.59 Å². The van der Waals surface area contributed by atoms with E-state index in [9.17, 15) is 28.3 Å². The first-order valence-corrected chi connectivity index (χ1v) is 8.42. The van der Waals surface area contributed by atoms with E-state index in [0.717, 1.165) is 0 Å². The molecule has 0 bridgehead atoms. The predicted molar refractivity (Wildman–Crippen MR) is 83.1 cm³/mol. The first-order chi connectivity index (χ1) is 11.2. The van der Waals surface area contributed by atoms with E-state index < -0.39 is 42.2 Å². The molecule has 1 fully saturated rings. The Kier molecular flexibility index (Phi) is 5.49. The Hall–Kier alpha value is -1.68. The average molecular weight is 363 g/mol. The molecule has 2 aliphatic heterocycles. The summed E-state index contributed by atoms with van der Waals surface area (Å²) in [5.74, 6) is -3.61. The second-order valence-corrected chi connectivity index (χ2v) is 6.90. The number of fused-ring (bicyclic) bond motifs is 1. The zero-order valence-electron chi connectivity index (χ0n) is 13.2. The SMILES string of the molecule is CC(NC(=O)C(F)F)[C@H]1C(=O)N2C(C(=O)O)=C(SCCN)[C@H](C)[C@H]12. The maximum absolute atomic E-state index is 12.4. The molecule has 7 nitrogen and oxygen atoms in total. The molecule has 24 heavy (non-hydrogen) atoms. The van der Waals surface area contributed by atoms with Crippen molar-refractivity contribution in [1.82, 2.24) is 10.2 Å². The molecule has 0 spiro atoms. The number of alkyl halides is 2. The fourth-order valence-corrected chi connectivity index (χ4v) is 4.34. The standard InChI is InChI=1S/C14H19F2N3O4S/c1-5-8-7(6(2)18-12(20)11(15)16)13(21)19(8)9(14(22)23)10(5)24-4-3-17/h5-8,11H,3-4,17H2,1-2H3,(H,18,20)(H,22,23)/t5-,6?,7-,8-/m1/s1. The lowest BCUT2D eigenvalue weighted by Gasteiger charge is -2.47. The van der Waals surface area contributed by atoms with Crippen molar-refractivity contribution >= 4 is 29.5 Å². The van der Waals surface area contributed by atoms with Gasteiger partial charge >= 0.3 is 12.4 Å². The van der Waals surface area contributed by atoms with Crippen molar-refractivity contribution in [3.05, 3.63) is 10.6 Å². The summed E-state index contributed by atoms with van der Waals surface area (Å²) >= 11 is 1.28. The third-order valence-corrected chi connectivity index (χ3v) is 5.59. The van der Waals surface area contributed by atoms with Crippen LogP contribution >= 0.6 is 11.8 Å². The van der Waals surface area contributed by atoms with Crippen LogP contribution in [0.25, 0.3) is 0 Å². The molecule has 0 aromatic rings. The molecule has 0 radical (unpaired) electrons. The molecule has 2 heterocycles. The molecule has 2 amide bonds. The Morgan fingerprint density at radius 3 is 2.58 bits per heavy atom. The summed E-state index contributed by atoms with van der Waals surface area (Å²) in [5.41, 5.74) is 5.38. The van der Waals surface area contributed by atoms with Crippen LogP contribution in [0.3, 0.4) is 0 Å². The van der Waals surface area contributed by atoms with Gasteiger partial charge in [0.1, 0.15) is 5.70 Å². The zero-order valence-corrected chi connectivity index (χ0v) is 14.0. The van der Waals surface area contributed by atoms with Crippen LogP contribution in [0.5, 0.6) is 0 Å². The van der Waals surface area contributed by atoms with E-state index in [1.54, 1.807) is 6.92 Å². The Bertz CT molecular complexity index is 599. The number of thioether (sulfide) groups is 1. The molecule has 0 aromatic heterocycles. The minimum Gasteiger partial charge on any atom is -0.477 e. The van der Waals surface area contributed by atoms with Crippen molar-refractivity contribution in [2.75, 3.05) is 12.3 Å². The quantitative estimate of drug-likeness (QED) is 0.558. The summed E-state index contributed by atoms with van der Waals surface area (Å²) in [6, 6.07) is -1.27. The van der Waals surface area contributed by atoms with Crippen LogP contribution in [0.15, 0.2) is 10.6 Å². The van der Waals surface area contributed by atoms with Gasteiger partial charge in [0.15, 0.2) is 0 Å². The third-order valence-electron chi connectivity index (χ3n) is 4.27. The van der Waals surface area contributed by atoms with Crippen LogP contribution in [0.4, 0.5) is 8.78 Å². The van der Waals surface area contributed by atoms with Gasteiger partial charge in [0.25, 0.3) is 5.91 Å². The summed E-state index contributed by atoms with van der Waals surface area (Å²) in [6.07, 6.45) is -3.16. The minimum atomic E-state index is -3.16. The average Bonchev–Trinajstić information content (AvgIpc) is 2.74. The molecule has 1 unspecified atom stereocenters. The summed E-state index contributed by atoms with van der Waals surface area (Å²) in [4.78, 5) is 36.8. The maximum Gasteiger partial charge on any atom is 0.353 e. The highest BCUT2D eigenvalue weighted by molar-refractivity contribution is 8.03. The molecule has 0 aromatic carbocycles. The molecule has 10 heteroatoms. The van der Waals surface area contributed by atoms with Gasteiger partial charge in [-0.05, 0) is 6.92 Å². The molecular formula is C14H19F2N3O4S. The minimum absolute atomic E-state index is 0.0698. The van der Waals surface area contributed by atoms with Gasteiger partial charge in [-0.25, -0.2) is 4.79 Å². The van der Waals surface area contributed by atoms with Crippen LogP contribution in [0, 0.1) is 11.8 Å². The van der Waals surface area contributed by atoms with Crippen molar-refractivity contribution in [1.29, 1.82) is 0 Å². The maximum atomic E-state index is 12.4. The van der Waals surface area contributed by atoms with Crippen molar-refractivity contribution in [2.45, 2.75) is 32.4 Å². The van der Waals surface area contributed by atoms with Crippen LogP contribution in [-0.4, -0.2) is 58.6 Å². The first-order valence-electron chi connectivity index (χ1n) is 7.44. The predicted octanol–water partition coefficient (Wildman–Crippen LogP) is 0.221. The third kappa shape index (κ3) is 3.00. The van der Waals surface area contributed by atoms with E-state index in [0.29, 0.717) is 17.2 Å². The number of hydrogen-bond acceptors (Lipinski definition) is 5. The van der Waals surface area contributed by atoms with E-state index in [-0.39, 0.29) is 11.6 Å². The second-order valence-electron chi connectivity index (χ2n) is 5.77. The van der Waals surface area contributed by atoms with E-state index >= 15 is 0 Å². The largest absolute Gasteiger partial charge is 0.477 e. The number of nitrogens with two attached hydrogens (primary N) is 1.